The van der Waals surface area contributed by atoms with E-state index in [1.165, 1.54) is 0 Å². The highest BCUT2D eigenvalue weighted by Crippen LogP contribution is 2.13. The van der Waals surface area contributed by atoms with Gasteiger partial charge in [0.2, 0.25) is 8.32 Å². The van der Waals surface area contributed by atoms with Gasteiger partial charge in [-0.05, 0) is 59.0 Å². The Kier molecular flexibility index (Phi) is 6.65. The molecule has 3 nitrogen and oxygen atoms in total. The van der Waals surface area contributed by atoms with E-state index in [2.05, 4.69) is 26.6 Å². The molecule has 0 saturated heterocycles. The Balaban J connectivity index is 3.74. The summed E-state index contributed by atoms with van der Waals surface area (Å²) in [5.41, 5.74) is 0. The molecule has 0 heterocycles. The van der Waals surface area contributed by atoms with Crippen LogP contribution in [0.4, 0.5) is 0 Å². The molecule has 0 aromatic carbocycles. The summed E-state index contributed by atoms with van der Waals surface area (Å²) in [6, 6.07) is 0. The largest absolute Gasteiger partial charge is 0.520 e. The van der Waals surface area contributed by atoms with E-state index in [1.54, 1.807) is 0 Å². The zero-order chi connectivity index (χ0) is 13.7. The van der Waals surface area contributed by atoms with E-state index in [9.17, 15) is 4.79 Å². The second-order valence-corrected chi connectivity index (χ2v) is 15.4. The normalized spacial score (nSPS) is 14.5. The molecule has 1 unspecified atom stereocenters. The Hall–Kier alpha value is -0.136. The van der Waals surface area contributed by atoms with Crippen LogP contribution in [0.5, 0.6) is 0 Å². The van der Waals surface area contributed by atoms with Gasteiger partial charge in [0.25, 0.3) is 5.97 Å². The number of carbonyl (C=O) groups excluding carboxylic acids is 1. The highest BCUT2D eigenvalue weighted by Gasteiger charge is 2.21. The third kappa shape index (κ3) is 12.1. The van der Waals surface area contributed by atoms with Crippen LogP contribution in [0.25, 0.3) is 0 Å². The summed E-state index contributed by atoms with van der Waals surface area (Å²) in [7, 11) is -3.15. The van der Waals surface area contributed by atoms with E-state index in [-0.39, 0.29) is 12.1 Å². The summed E-state index contributed by atoms with van der Waals surface area (Å²) in [4.78, 5) is 11.5. The van der Waals surface area contributed by atoms with Gasteiger partial charge in [0, 0.05) is 12.5 Å². The lowest BCUT2D eigenvalue weighted by molar-refractivity contribution is -0.135. The molecule has 102 valence electrons. The predicted octanol–water partition coefficient (Wildman–Crippen LogP) is 3.77. The third-order valence-corrected chi connectivity index (χ3v) is 3.92. The predicted molar refractivity (Wildman–Crippen MR) is 77.2 cm³/mol. The van der Waals surface area contributed by atoms with Gasteiger partial charge >= 0.3 is 0 Å². The molecule has 0 aliphatic carbocycles. The van der Waals surface area contributed by atoms with Gasteiger partial charge in [0.05, 0.1) is 0 Å². The highest BCUT2D eigenvalue weighted by molar-refractivity contribution is 6.71. The lowest BCUT2D eigenvalue weighted by Gasteiger charge is -2.23. The zero-order valence-corrected chi connectivity index (χ0v) is 14.4. The molecule has 0 bridgehead atoms. The Bertz CT molecular complexity index is 241. The summed E-state index contributed by atoms with van der Waals surface area (Å²) in [6.45, 7) is 14.7. The Morgan fingerprint density at radius 1 is 1.06 bits per heavy atom. The van der Waals surface area contributed by atoms with Crippen LogP contribution in [0.2, 0.25) is 39.3 Å². The fourth-order valence-corrected chi connectivity index (χ4v) is 3.70. The van der Waals surface area contributed by atoms with Crippen molar-refractivity contribution >= 4 is 22.6 Å². The summed E-state index contributed by atoms with van der Waals surface area (Å²) < 4.78 is 11.3. The molecule has 17 heavy (non-hydrogen) atoms. The van der Waals surface area contributed by atoms with Gasteiger partial charge in [-0.15, -0.1) is 0 Å². The van der Waals surface area contributed by atoms with Crippen molar-refractivity contribution in [2.75, 3.05) is 0 Å². The molecule has 0 rings (SSSR count). The molecular weight excluding hydrogens is 248 g/mol. The standard InChI is InChI=1S/C12H28O3Si2/c1-11(14-16(2,3)4)9-8-10-12(13)15-17(5,6)7/h11H,8-10H2,1-7H3. The molecule has 0 N–H and O–H groups in total. The second-order valence-electron chi connectivity index (χ2n) is 6.52. The molecular formula is C12H28O3Si2. The van der Waals surface area contributed by atoms with E-state index >= 15 is 0 Å². The first kappa shape index (κ1) is 16.9. The lowest BCUT2D eigenvalue weighted by Crippen LogP contribution is -2.31. The maximum absolute atomic E-state index is 11.5. The molecule has 1 atom stereocenters. The Morgan fingerprint density at radius 2 is 1.59 bits per heavy atom. The maximum Gasteiger partial charge on any atom is 0.292 e. The molecule has 0 radical (unpaired) electrons. The minimum atomic E-state index is -1.71. The first-order chi connectivity index (χ1) is 7.49. The average molecular weight is 277 g/mol. The second kappa shape index (κ2) is 6.70. The van der Waals surface area contributed by atoms with Crippen molar-refractivity contribution in [3.8, 4) is 0 Å². The molecule has 0 aliphatic heterocycles. The van der Waals surface area contributed by atoms with E-state index in [4.69, 9.17) is 8.85 Å². The smallest absolute Gasteiger partial charge is 0.292 e. The molecule has 0 saturated carbocycles. The van der Waals surface area contributed by atoms with Crippen LogP contribution in [-0.2, 0) is 13.6 Å². The molecule has 0 aromatic heterocycles. The molecule has 5 heteroatoms. The minimum Gasteiger partial charge on any atom is -0.520 e. The summed E-state index contributed by atoms with van der Waals surface area (Å²) >= 11 is 0. The van der Waals surface area contributed by atoms with Gasteiger partial charge in [-0.2, -0.15) is 0 Å². The average Bonchev–Trinajstić information content (AvgIpc) is 1.95. The summed E-state index contributed by atoms with van der Waals surface area (Å²) in [5.74, 6) is -0.0515. The Labute approximate surface area is 108 Å². The van der Waals surface area contributed by atoms with Crippen LogP contribution in [0.1, 0.15) is 26.2 Å². The summed E-state index contributed by atoms with van der Waals surface area (Å²) in [6.07, 6.45) is 2.56. The van der Waals surface area contributed by atoms with Crippen molar-refractivity contribution in [3.63, 3.8) is 0 Å². The van der Waals surface area contributed by atoms with Gasteiger partial charge in [-0.3, -0.25) is 4.79 Å². The lowest BCUT2D eigenvalue weighted by atomic mass is 10.2. The van der Waals surface area contributed by atoms with Crippen LogP contribution < -0.4 is 0 Å². The van der Waals surface area contributed by atoms with E-state index in [1.807, 2.05) is 19.6 Å². The topological polar surface area (TPSA) is 35.5 Å². The third-order valence-electron chi connectivity index (χ3n) is 1.97. The molecule has 0 spiro atoms. The van der Waals surface area contributed by atoms with Crippen molar-refractivity contribution in [2.45, 2.75) is 71.6 Å². The van der Waals surface area contributed by atoms with Gasteiger partial charge < -0.3 is 8.85 Å². The van der Waals surface area contributed by atoms with Crippen molar-refractivity contribution in [1.82, 2.24) is 0 Å². The van der Waals surface area contributed by atoms with Crippen molar-refractivity contribution in [1.29, 1.82) is 0 Å². The fourth-order valence-electron chi connectivity index (χ4n) is 1.59. The fraction of sp³-hybridized carbons (Fsp3) is 0.917. The molecule has 0 amide bonds. The van der Waals surface area contributed by atoms with Crippen molar-refractivity contribution in [2.24, 2.45) is 0 Å². The van der Waals surface area contributed by atoms with E-state index < -0.39 is 16.6 Å². The maximum atomic E-state index is 11.5. The Morgan fingerprint density at radius 3 is 2.00 bits per heavy atom. The summed E-state index contributed by atoms with van der Waals surface area (Å²) in [5, 5.41) is 0. The highest BCUT2D eigenvalue weighted by atomic mass is 28.4. The van der Waals surface area contributed by atoms with Gasteiger partial charge in [0.15, 0.2) is 8.32 Å². The van der Waals surface area contributed by atoms with E-state index in [0.29, 0.717) is 6.42 Å². The monoisotopic (exact) mass is 276 g/mol. The first-order valence-electron chi connectivity index (χ1n) is 6.39. The number of carbonyl (C=O) groups is 1. The van der Waals surface area contributed by atoms with Gasteiger partial charge in [-0.25, -0.2) is 0 Å². The molecule has 0 fully saturated rings. The van der Waals surface area contributed by atoms with Crippen LogP contribution in [0.3, 0.4) is 0 Å². The number of hydrogen-bond donors (Lipinski definition) is 0. The number of rotatable bonds is 7. The minimum absolute atomic E-state index is 0.0515. The van der Waals surface area contributed by atoms with Gasteiger partial charge in [0.1, 0.15) is 0 Å². The van der Waals surface area contributed by atoms with Crippen LogP contribution in [0, 0.1) is 0 Å². The van der Waals surface area contributed by atoms with E-state index in [0.717, 1.165) is 12.8 Å². The van der Waals surface area contributed by atoms with Gasteiger partial charge in [-0.1, -0.05) is 0 Å². The van der Waals surface area contributed by atoms with Crippen molar-refractivity contribution < 1.29 is 13.6 Å². The number of hydrogen-bond acceptors (Lipinski definition) is 3. The van der Waals surface area contributed by atoms with Crippen LogP contribution >= 0.6 is 0 Å². The molecule has 0 aliphatic rings. The SMILES string of the molecule is CC(CCCC(=O)O[Si](C)(C)C)O[Si](C)(C)C. The van der Waals surface area contributed by atoms with Crippen molar-refractivity contribution in [3.05, 3.63) is 0 Å². The van der Waals surface area contributed by atoms with Crippen LogP contribution in [-0.4, -0.2) is 28.7 Å². The first-order valence-corrected chi connectivity index (χ1v) is 13.2. The quantitative estimate of drug-likeness (QED) is 0.664. The van der Waals surface area contributed by atoms with Crippen LogP contribution in [0.15, 0.2) is 0 Å². The zero-order valence-electron chi connectivity index (χ0n) is 12.4. The molecule has 0 aromatic rings.